The Labute approximate surface area is 140 Å². The Morgan fingerprint density at radius 2 is 1.92 bits per heavy atom. The minimum Gasteiger partial charge on any atom is -0.392 e. The number of benzene rings is 1. The van der Waals surface area contributed by atoms with E-state index >= 15 is 0 Å². The van der Waals surface area contributed by atoms with Crippen molar-refractivity contribution in [1.29, 1.82) is 0 Å². The van der Waals surface area contributed by atoms with Crippen LogP contribution in [0.15, 0.2) is 54.4 Å². The number of hydrogen-bond acceptors (Lipinski definition) is 3. The number of aliphatic hydroxyl groups is 1. The van der Waals surface area contributed by atoms with Crippen molar-refractivity contribution in [3.8, 4) is 0 Å². The van der Waals surface area contributed by atoms with E-state index in [1.54, 1.807) is 37.3 Å². The third-order valence-corrected chi connectivity index (χ3v) is 3.36. The highest BCUT2D eigenvalue weighted by Crippen LogP contribution is 2.07. The Bertz CT molecular complexity index is 733. The van der Waals surface area contributed by atoms with Crippen LogP contribution < -0.4 is 10.6 Å². The van der Waals surface area contributed by atoms with Crippen LogP contribution in [0.5, 0.6) is 0 Å². The highest BCUT2D eigenvalue weighted by atomic mass is 16.3. The Morgan fingerprint density at radius 1 is 1.21 bits per heavy atom. The maximum atomic E-state index is 12.3. The summed E-state index contributed by atoms with van der Waals surface area (Å²) in [7, 11) is 1.84. The molecule has 1 aromatic carbocycles. The first-order valence-corrected chi connectivity index (χ1v) is 7.63. The fourth-order valence-corrected chi connectivity index (χ4v) is 2.05. The second-order valence-corrected chi connectivity index (χ2v) is 5.48. The highest BCUT2D eigenvalue weighted by Gasteiger charge is 2.15. The number of amides is 2. The van der Waals surface area contributed by atoms with Crippen molar-refractivity contribution in [3.05, 3.63) is 65.6 Å². The summed E-state index contributed by atoms with van der Waals surface area (Å²) in [4.78, 5) is 24.7. The summed E-state index contributed by atoms with van der Waals surface area (Å²) in [5.74, 6) is -0.829. The van der Waals surface area contributed by atoms with E-state index in [1.807, 2.05) is 36.0 Å². The standard InChI is InChI=1S/C18H21N3O3/c1-13(22)12-19-18(24)16(11-15-9-6-10-21(15)2)20-17(23)14-7-4-3-5-8-14/h3-11,13,22H,12H2,1-2H3,(H,19,24)(H,20,23)/b16-11+/t13-/m1/s1. The van der Waals surface area contributed by atoms with Gasteiger partial charge in [-0.2, -0.15) is 0 Å². The predicted molar refractivity (Wildman–Crippen MR) is 92.0 cm³/mol. The van der Waals surface area contributed by atoms with Gasteiger partial charge >= 0.3 is 0 Å². The summed E-state index contributed by atoms with van der Waals surface area (Å²) in [6.45, 7) is 1.67. The van der Waals surface area contributed by atoms with E-state index in [9.17, 15) is 14.7 Å². The summed E-state index contributed by atoms with van der Waals surface area (Å²) in [5, 5.41) is 14.5. The van der Waals surface area contributed by atoms with Gasteiger partial charge in [-0.05, 0) is 37.3 Å². The molecule has 0 saturated heterocycles. The van der Waals surface area contributed by atoms with Crippen molar-refractivity contribution in [2.75, 3.05) is 6.54 Å². The number of carbonyl (C=O) groups excluding carboxylic acids is 2. The number of hydrogen-bond donors (Lipinski definition) is 3. The average molecular weight is 327 g/mol. The minimum absolute atomic E-state index is 0.102. The Morgan fingerprint density at radius 3 is 2.50 bits per heavy atom. The molecule has 0 radical (unpaired) electrons. The predicted octanol–water partition coefficient (Wildman–Crippen LogP) is 1.29. The van der Waals surface area contributed by atoms with Gasteiger partial charge < -0.3 is 20.3 Å². The summed E-state index contributed by atoms with van der Waals surface area (Å²) >= 11 is 0. The van der Waals surface area contributed by atoms with E-state index in [-0.39, 0.29) is 18.1 Å². The molecule has 1 atom stereocenters. The summed E-state index contributed by atoms with van der Waals surface area (Å²) < 4.78 is 1.83. The van der Waals surface area contributed by atoms with Gasteiger partial charge in [-0.3, -0.25) is 9.59 Å². The summed E-state index contributed by atoms with van der Waals surface area (Å²) in [6.07, 6.45) is 2.77. The van der Waals surface area contributed by atoms with Gasteiger partial charge in [-0.15, -0.1) is 0 Å². The van der Waals surface area contributed by atoms with Crippen molar-refractivity contribution in [2.24, 2.45) is 7.05 Å². The number of rotatable bonds is 6. The van der Waals surface area contributed by atoms with E-state index in [0.29, 0.717) is 5.56 Å². The average Bonchev–Trinajstić information content (AvgIpc) is 2.97. The zero-order chi connectivity index (χ0) is 17.5. The molecule has 0 fully saturated rings. The Kier molecular flexibility index (Phi) is 5.92. The van der Waals surface area contributed by atoms with Crippen LogP contribution in [-0.4, -0.2) is 34.1 Å². The minimum atomic E-state index is -0.671. The Balaban J connectivity index is 2.22. The molecule has 0 aliphatic carbocycles. The fourth-order valence-electron chi connectivity index (χ4n) is 2.05. The first-order chi connectivity index (χ1) is 11.5. The third kappa shape index (κ3) is 4.82. The monoisotopic (exact) mass is 327 g/mol. The van der Waals surface area contributed by atoms with Gasteiger partial charge in [0.05, 0.1) is 6.10 Å². The topological polar surface area (TPSA) is 83.4 Å². The van der Waals surface area contributed by atoms with E-state index in [0.717, 1.165) is 5.69 Å². The maximum Gasteiger partial charge on any atom is 0.267 e. The van der Waals surface area contributed by atoms with Gasteiger partial charge in [-0.25, -0.2) is 0 Å². The molecule has 0 aliphatic heterocycles. The van der Waals surface area contributed by atoms with Crippen LogP contribution in [0.1, 0.15) is 23.0 Å². The maximum absolute atomic E-state index is 12.3. The van der Waals surface area contributed by atoms with Crippen molar-refractivity contribution >= 4 is 17.9 Å². The van der Waals surface area contributed by atoms with Crippen molar-refractivity contribution in [2.45, 2.75) is 13.0 Å². The molecule has 2 rings (SSSR count). The highest BCUT2D eigenvalue weighted by molar-refractivity contribution is 6.05. The summed E-state index contributed by atoms with van der Waals surface area (Å²) in [5.41, 5.74) is 1.34. The molecular formula is C18H21N3O3. The third-order valence-electron chi connectivity index (χ3n) is 3.36. The normalized spacial score (nSPS) is 12.5. The molecule has 126 valence electrons. The molecule has 6 nitrogen and oxygen atoms in total. The van der Waals surface area contributed by atoms with Crippen LogP contribution in [0.3, 0.4) is 0 Å². The second kappa shape index (κ2) is 8.12. The van der Waals surface area contributed by atoms with Crippen molar-refractivity contribution in [3.63, 3.8) is 0 Å². The van der Waals surface area contributed by atoms with Crippen molar-refractivity contribution < 1.29 is 14.7 Å². The van der Waals surface area contributed by atoms with E-state index in [2.05, 4.69) is 10.6 Å². The molecule has 0 spiro atoms. The van der Waals surface area contributed by atoms with Crippen LogP contribution >= 0.6 is 0 Å². The molecule has 2 amide bonds. The largest absolute Gasteiger partial charge is 0.392 e. The lowest BCUT2D eigenvalue weighted by molar-refractivity contribution is -0.118. The van der Waals surface area contributed by atoms with Gasteiger partial charge in [0.15, 0.2) is 0 Å². The van der Waals surface area contributed by atoms with Crippen LogP contribution in [-0.2, 0) is 11.8 Å². The molecule has 0 saturated carbocycles. The first-order valence-electron chi connectivity index (χ1n) is 7.63. The van der Waals surface area contributed by atoms with Crippen LogP contribution in [0, 0.1) is 0 Å². The number of carbonyl (C=O) groups is 2. The quantitative estimate of drug-likeness (QED) is 0.699. The molecule has 2 aromatic rings. The van der Waals surface area contributed by atoms with Gasteiger partial charge in [0, 0.05) is 31.0 Å². The Hall–Kier alpha value is -2.86. The zero-order valence-electron chi connectivity index (χ0n) is 13.7. The molecular weight excluding hydrogens is 306 g/mol. The summed E-state index contributed by atoms with van der Waals surface area (Å²) in [6, 6.07) is 12.3. The van der Waals surface area contributed by atoms with Gasteiger partial charge in [0.2, 0.25) is 0 Å². The number of nitrogens with one attached hydrogen (secondary N) is 2. The lowest BCUT2D eigenvalue weighted by Gasteiger charge is -2.12. The van der Waals surface area contributed by atoms with Gasteiger partial charge in [0.25, 0.3) is 11.8 Å². The van der Waals surface area contributed by atoms with Crippen LogP contribution in [0.4, 0.5) is 0 Å². The molecule has 0 bridgehead atoms. The molecule has 0 aliphatic rings. The molecule has 3 N–H and O–H groups in total. The smallest absolute Gasteiger partial charge is 0.267 e. The lowest BCUT2D eigenvalue weighted by Crippen LogP contribution is -2.37. The fraction of sp³-hybridized carbons (Fsp3) is 0.222. The van der Waals surface area contributed by atoms with E-state index < -0.39 is 12.0 Å². The van der Waals surface area contributed by atoms with Gasteiger partial charge in [0.1, 0.15) is 5.70 Å². The lowest BCUT2D eigenvalue weighted by atomic mass is 10.2. The SMILES string of the molecule is C[C@@H](O)CNC(=O)/C(=C\c1cccn1C)NC(=O)c1ccccc1. The van der Waals surface area contributed by atoms with Crippen LogP contribution in [0.25, 0.3) is 6.08 Å². The number of nitrogens with zero attached hydrogens (tertiary/aromatic N) is 1. The van der Waals surface area contributed by atoms with Crippen LogP contribution in [0.2, 0.25) is 0 Å². The second-order valence-electron chi connectivity index (χ2n) is 5.48. The van der Waals surface area contributed by atoms with E-state index in [4.69, 9.17) is 0 Å². The molecule has 6 heteroatoms. The number of aryl methyl sites for hydroxylation is 1. The molecule has 1 heterocycles. The van der Waals surface area contributed by atoms with Crippen molar-refractivity contribution in [1.82, 2.24) is 15.2 Å². The first kappa shape index (κ1) is 17.5. The van der Waals surface area contributed by atoms with E-state index in [1.165, 1.54) is 0 Å². The molecule has 0 unspecified atom stereocenters. The van der Waals surface area contributed by atoms with Gasteiger partial charge in [-0.1, -0.05) is 18.2 Å². The zero-order valence-corrected chi connectivity index (χ0v) is 13.7. The molecule has 1 aromatic heterocycles. The number of aliphatic hydroxyl groups excluding tert-OH is 1. The number of aromatic nitrogens is 1. The molecule has 24 heavy (non-hydrogen) atoms.